The third-order valence-corrected chi connectivity index (χ3v) is 5.49. The van der Waals surface area contributed by atoms with E-state index in [1.807, 2.05) is 0 Å². The second-order valence-corrected chi connectivity index (χ2v) is 8.42. The second kappa shape index (κ2) is 8.40. The zero-order valence-corrected chi connectivity index (χ0v) is 16.7. The van der Waals surface area contributed by atoms with Crippen molar-refractivity contribution in [2.45, 2.75) is 32.1 Å². The molecule has 2 aromatic carbocycles. The van der Waals surface area contributed by atoms with Crippen molar-refractivity contribution < 1.29 is 30.8 Å². The van der Waals surface area contributed by atoms with Gasteiger partial charge < -0.3 is 5.32 Å². The van der Waals surface area contributed by atoms with Gasteiger partial charge >= 0.3 is 6.18 Å². The van der Waals surface area contributed by atoms with E-state index in [0.29, 0.717) is 15.9 Å². The summed E-state index contributed by atoms with van der Waals surface area (Å²) in [5.74, 6) is -1.17. The molecule has 0 spiro atoms. The molecule has 1 amide bonds. The summed E-state index contributed by atoms with van der Waals surface area (Å²) in [7, 11) is -4.07. The molecule has 0 unspecified atom stereocenters. The van der Waals surface area contributed by atoms with Crippen LogP contribution in [0.1, 0.15) is 31.0 Å². The molecule has 0 aromatic heterocycles. The fraction of sp³-hybridized carbons (Fsp3) is 0.316. The highest BCUT2D eigenvalue weighted by Gasteiger charge is 2.34. The summed E-state index contributed by atoms with van der Waals surface area (Å²) in [6.07, 6.45) is -3.86. The summed E-state index contributed by atoms with van der Waals surface area (Å²) in [6.45, 7) is 2.89. The predicted molar refractivity (Wildman–Crippen MR) is 101 cm³/mol. The van der Waals surface area contributed by atoms with Crippen molar-refractivity contribution in [2.24, 2.45) is 0 Å². The topological polar surface area (TPSA) is 66.5 Å². The Labute approximate surface area is 166 Å². The monoisotopic (exact) mass is 432 g/mol. The number of amides is 1. The maximum Gasteiger partial charge on any atom is 0.416 e. The number of carbonyl (C=O) groups is 1. The van der Waals surface area contributed by atoms with Crippen LogP contribution in [0.5, 0.6) is 0 Å². The van der Waals surface area contributed by atoms with Gasteiger partial charge in [-0.3, -0.25) is 9.10 Å². The maximum atomic E-state index is 13.0. The van der Waals surface area contributed by atoms with E-state index in [9.17, 15) is 30.8 Å². The number of hydrogen-bond acceptors (Lipinski definition) is 3. The van der Waals surface area contributed by atoms with E-state index < -0.39 is 45.6 Å². The number of sulfonamides is 1. The highest BCUT2D eigenvalue weighted by Crippen LogP contribution is 2.33. The molecule has 0 aliphatic carbocycles. The van der Waals surface area contributed by atoms with E-state index in [4.69, 9.17) is 0 Å². The van der Waals surface area contributed by atoms with E-state index in [1.54, 1.807) is 6.92 Å². The van der Waals surface area contributed by atoms with Gasteiger partial charge in [0.05, 0.1) is 23.5 Å². The van der Waals surface area contributed by atoms with Crippen LogP contribution in [0.2, 0.25) is 0 Å². The highest BCUT2D eigenvalue weighted by molar-refractivity contribution is 7.92. The molecule has 0 bridgehead atoms. The number of alkyl halides is 3. The number of benzene rings is 2. The normalized spacial score (nSPS) is 14.2. The Bertz CT molecular complexity index is 976. The molecule has 0 aliphatic heterocycles. The van der Waals surface area contributed by atoms with Crippen LogP contribution < -0.4 is 9.62 Å². The lowest BCUT2D eigenvalue weighted by Gasteiger charge is -2.29. The number of nitrogens with one attached hydrogen (secondary N) is 1. The first kappa shape index (κ1) is 22.7. The number of rotatable bonds is 6. The summed E-state index contributed by atoms with van der Waals surface area (Å²) in [5.41, 5.74) is -0.729. The molecule has 5 nitrogen and oxygen atoms in total. The van der Waals surface area contributed by atoms with E-state index in [1.165, 1.54) is 37.3 Å². The number of hydrogen-bond donors (Lipinski definition) is 1. The first-order chi connectivity index (χ1) is 13.3. The number of halogens is 4. The summed E-state index contributed by atoms with van der Waals surface area (Å²) in [6, 6.07) is 7.20. The summed E-state index contributed by atoms with van der Waals surface area (Å²) < 4.78 is 77.2. The van der Waals surface area contributed by atoms with Gasteiger partial charge in [-0.25, -0.2) is 12.8 Å². The van der Waals surface area contributed by atoms with Gasteiger partial charge in [0.15, 0.2) is 0 Å². The van der Waals surface area contributed by atoms with E-state index in [2.05, 4.69) is 5.32 Å². The summed E-state index contributed by atoms with van der Waals surface area (Å²) in [5, 5.41) is 2.59. The Morgan fingerprint density at radius 2 is 1.66 bits per heavy atom. The Morgan fingerprint density at radius 3 is 2.17 bits per heavy atom. The van der Waals surface area contributed by atoms with Gasteiger partial charge in [-0.15, -0.1) is 0 Å². The first-order valence-electron chi connectivity index (χ1n) is 8.53. The molecule has 1 N–H and O–H groups in total. The maximum absolute atomic E-state index is 13.0. The molecule has 0 saturated heterocycles. The van der Waals surface area contributed by atoms with Crippen molar-refractivity contribution in [2.75, 3.05) is 10.6 Å². The van der Waals surface area contributed by atoms with Crippen LogP contribution in [0.4, 0.5) is 23.2 Å². The fourth-order valence-electron chi connectivity index (χ4n) is 2.80. The molecule has 0 aliphatic rings. The van der Waals surface area contributed by atoms with Gasteiger partial charge in [0.2, 0.25) is 15.9 Å². The SMILES string of the molecule is C[C@H](C(=O)N[C@H](C)c1ccc(F)cc1)N(c1cccc(C(F)(F)F)c1)S(C)(=O)=O. The fourth-order valence-corrected chi connectivity index (χ4v) is 3.96. The van der Waals surface area contributed by atoms with E-state index in [-0.39, 0.29) is 5.69 Å². The molecular weight excluding hydrogens is 412 g/mol. The van der Waals surface area contributed by atoms with Crippen LogP contribution in [0.3, 0.4) is 0 Å². The molecule has 2 atom stereocenters. The van der Waals surface area contributed by atoms with Gasteiger partial charge in [0.25, 0.3) is 0 Å². The van der Waals surface area contributed by atoms with Crippen LogP contribution in [-0.4, -0.2) is 26.6 Å². The minimum absolute atomic E-state index is 0.278. The summed E-state index contributed by atoms with van der Waals surface area (Å²) >= 11 is 0. The zero-order valence-electron chi connectivity index (χ0n) is 15.9. The Kier molecular flexibility index (Phi) is 6.56. The molecule has 158 valence electrons. The van der Waals surface area contributed by atoms with Gasteiger partial charge in [0.1, 0.15) is 11.9 Å². The highest BCUT2D eigenvalue weighted by atomic mass is 32.2. The van der Waals surface area contributed by atoms with Crippen molar-refractivity contribution in [1.82, 2.24) is 5.32 Å². The molecule has 0 radical (unpaired) electrons. The first-order valence-corrected chi connectivity index (χ1v) is 10.4. The van der Waals surface area contributed by atoms with Gasteiger partial charge in [-0.1, -0.05) is 18.2 Å². The van der Waals surface area contributed by atoms with Crippen molar-refractivity contribution in [3.63, 3.8) is 0 Å². The average Bonchev–Trinajstić information content (AvgIpc) is 2.60. The number of anilines is 1. The molecule has 2 aromatic rings. The Morgan fingerprint density at radius 1 is 1.07 bits per heavy atom. The number of carbonyl (C=O) groups excluding carboxylic acids is 1. The molecule has 10 heteroatoms. The minimum Gasteiger partial charge on any atom is -0.348 e. The lowest BCUT2D eigenvalue weighted by atomic mass is 10.1. The summed E-state index contributed by atoms with van der Waals surface area (Å²) in [4.78, 5) is 12.6. The van der Waals surface area contributed by atoms with Gasteiger partial charge in [-0.2, -0.15) is 13.2 Å². The second-order valence-electron chi connectivity index (χ2n) is 6.56. The number of nitrogens with zero attached hydrogens (tertiary/aromatic N) is 1. The lowest BCUT2D eigenvalue weighted by Crippen LogP contribution is -2.48. The Balaban J connectivity index is 2.31. The van der Waals surface area contributed by atoms with Crippen molar-refractivity contribution in [3.8, 4) is 0 Å². The van der Waals surface area contributed by atoms with Crippen LogP contribution in [0.25, 0.3) is 0 Å². The zero-order chi connectivity index (χ0) is 22.0. The quantitative estimate of drug-likeness (QED) is 0.705. The van der Waals surface area contributed by atoms with Crippen molar-refractivity contribution in [1.29, 1.82) is 0 Å². The third-order valence-electron chi connectivity index (χ3n) is 4.25. The van der Waals surface area contributed by atoms with E-state index in [0.717, 1.165) is 18.4 Å². The largest absolute Gasteiger partial charge is 0.416 e. The lowest BCUT2D eigenvalue weighted by molar-refractivity contribution is -0.137. The molecule has 0 saturated carbocycles. The van der Waals surface area contributed by atoms with Crippen LogP contribution >= 0.6 is 0 Å². The third kappa shape index (κ3) is 5.69. The smallest absolute Gasteiger partial charge is 0.348 e. The standard InChI is InChI=1S/C19H20F4N2O3S/c1-12(14-7-9-16(20)10-8-14)24-18(26)13(2)25(29(3,27)28)17-6-4-5-15(11-17)19(21,22)23/h4-13H,1-3H3,(H,24,26)/t12-,13-/m1/s1. The molecule has 0 heterocycles. The average molecular weight is 432 g/mol. The molecule has 0 fully saturated rings. The van der Waals surface area contributed by atoms with Gasteiger partial charge in [0, 0.05) is 0 Å². The van der Waals surface area contributed by atoms with Crippen molar-refractivity contribution in [3.05, 3.63) is 65.5 Å². The van der Waals surface area contributed by atoms with Crippen LogP contribution in [0.15, 0.2) is 48.5 Å². The van der Waals surface area contributed by atoms with Crippen molar-refractivity contribution >= 4 is 21.6 Å². The van der Waals surface area contributed by atoms with E-state index >= 15 is 0 Å². The molecule has 2 rings (SSSR count). The van der Waals surface area contributed by atoms with Crippen LogP contribution in [-0.2, 0) is 21.0 Å². The molecular formula is C19H20F4N2O3S. The minimum atomic E-state index is -4.66. The van der Waals surface area contributed by atoms with Gasteiger partial charge in [-0.05, 0) is 49.7 Å². The predicted octanol–water partition coefficient (Wildman–Crippen LogP) is 3.88. The van der Waals surface area contributed by atoms with Crippen LogP contribution in [0, 0.1) is 5.82 Å². The molecule has 29 heavy (non-hydrogen) atoms. The Hall–Kier alpha value is -2.62.